The number of aryl methyl sites for hydroxylation is 1. The van der Waals surface area contributed by atoms with E-state index in [9.17, 15) is 0 Å². The maximum Gasteiger partial charge on any atom is 0.120 e. The maximum atomic E-state index is 8.83. The van der Waals surface area contributed by atoms with Gasteiger partial charge in [0.05, 0.1) is 6.61 Å². The molecule has 0 aromatic heterocycles. The van der Waals surface area contributed by atoms with Gasteiger partial charge in [-0.3, -0.25) is 0 Å². The van der Waals surface area contributed by atoms with Crippen LogP contribution in [0.2, 0.25) is 0 Å². The van der Waals surface area contributed by atoms with E-state index in [-0.39, 0.29) is 12.5 Å². The van der Waals surface area contributed by atoms with Crippen molar-refractivity contribution in [1.29, 1.82) is 0 Å². The van der Waals surface area contributed by atoms with Gasteiger partial charge in [0.25, 0.3) is 0 Å². The minimum atomic E-state index is 0.169. The molecule has 39 heavy (non-hydrogen) atoms. The Balaban J connectivity index is 1.31. The SMILES string of the molecule is OCCCOCCCOc1ccc(C2c3ccc(OCc4ccccc4)cc3CCC2c2ccccc2)cc1. The van der Waals surface area contributed by atoms with Crippen molar-refractivity contribution in [3.05, 3.63) is 131 Å². The Morgan fingerprint density at radius 3 is 2.15 bits per heavy atom. The molecule has 4 aromatic carbocycles. The third-order valence-electron chi connectivity index (χ3n) is 7.44. The van der Waals surface area contributed by atoms with E-state index < -0.39 is 0 Å². The highest BCUT2D eigenvalue weighted by molar-refractivity contribution is 5.48. The van der Waals surface area contributed by atoms with Crippen molar-refractivity contribution in [2.24, 2.45) is 0 Å². The molecular formula is C35H38O4. The molecule has 0 fully saturated rings. The van der Waals surface area contributed by atoms with Crippen molar-refractivity contribution in [3.8, 4) is 11.5 Å². The van der Waals surface area contributed by atoms with E-state index in [1.807, 2.05) is 18.2 Å². The van der Waals surface area contributed by atoms with E-state index in [2.05, 4.69) is 84.9 Å². The van der Waals surface area contributed by atoms with Crippen molar-refractivity contribution in [3.63, 3.8) is 0 Å². The molecule has 4 aromatic rings. The molecule has 4 nitrogen and oxygen atoms in total. The number of hydrogen-bond donors (Lipinski definition) is 1. The van der Waals surface area contributed by atoms with Gasteiger partial charge in [-0.2, -0.15) is 0 Å². The lowest BCUT2D eigenvalue weighted by atomic mass is 9.69. The molecule has 0 saturated heterocycles. The second-order valence-electron chi connectivity index (χ2n) is 10.1. The number of ether oxygens (including phenoxy) is 3. The van der Waals surface area contributed by atoms with Gasteiger partial charge in [0.15, 0.2) is 0 Å². The van der Waals surface area contributed by atoms with E-state index in [1.165, 1.54) is 27.8 Å². The molecule has 0 spiro atoms. The van der Waals surface area contributed by atoms with Gasteiger partial charge < -0.3 is 19.3 Å². The van der Waals surface area contributed by atoms with Crippen molar-refractivity contribution in [2.75, 3.05) is 26.4 Å². The van der Waals surface area contributed by atoms with Crippen LogP contribution in [0.5, 0.6) is 11.5 Å². The molecule has 0 heterocycles. The second-order valence-corrected chi connectivity index (χ2v) is 10.1. The maximum absolute atomic E-state index is 8.83. The Hall–Kier alpha value is -3.60. The molecule has 202 valence electrons. The first-order chi connectivity index (χ1) is 19.3. The summed E-state index contributed by atoms with van der Waals surface area (Å²) in [6.45, 7) is 2.60. The first-order valence-electron chi connectivity index (χ1n) is 14.1. The van der Waals surface area contributed by atoms with Crippen LogP contribution in [0.25, 0.3) is 0 Å². The number of aliphatic hydroxyl groups excluding tert-OH is 1. The summed E-state index contributed by atoms with van der Waals surface area (Å²) in [6, 6.07) is 36.5. The van der Waals surface area contributed by atoms with E-state index >= 15 is 0 Å². The average Bonchev–Trinajstić information content (AvgIpc) is 3.00. The van der Waals surface area contributed by atoms with Gasteiger partial charge in [-0.05, 0) is 77.3 Å². The summed E-state index contributed by atoms with van der Waals surface area (Å²) in [5.41, 5.74) is 6.63. The van der Waals surface area contributed by atoms with Gasteiger partial charge in [-0.25, -0.2) is 0 Å². The monoisotopic (exact) mass is 522 g/mol. The summed E-state index contributed by atoms with van der Waals surface area (Å²) >= 11 is 0. The number of fused-ring (bicyclic) bond motifs is 1. The molecule has 0 amide bonds. The molecule has 1 N–H and O–H groups in total. The van der Waals surface area contributed by atoms with Crippen molar-refractivity contribution >= 4 is 0 Å². The topological polar surface area (TPSA) is 47.9 Å². The summed E-state index contributed by atoms with van der Waals surface area (Å²) in [5, 5.41) is 8.83. The van der Waals surface area contributed by atoms with Gasteiger partial charge in [-0.1, -0.05) is 78.9 Å². The molecule has 1 aliphatic rings. The molecular weight excluding hydrogens is 484 g/mol. The molecule has 0 bridgehead atoms. The van der Waals surface area contributed by atoms with Gasteiger partial charge in [0.1, 0.15) is 18.1 Å². The summed E-state index contributed by atoms with van der Waals surface area (Å²) in [7, 11) is 0. The summed E-state index contributed by atoms with van der Waals surface area (Å²) in [4.78, 5) is 0. The molecule has 0 aliphatic heterocycles. The number of aliphatic hydroxyl groups is 1. The van der Waals surface area contributed by atoms with Gasteiger partial charge in [-0.15, -0.1) is 0 Å². The van der Waals surface area contributed by atoms with Crippen LogP contribution in [0.3, 0.4) is 0 Å². The van der Waals surface area contributed by atoms with E-state index in [4.69, 9.17) is 19.3 Å². The van der Waals surface area contributed by atoms with E-state index in [0.717, 1.165) is 30.8 Å². The molecule has 2 unspecified atom stereocenters. The molecule has 5 rings (SSSR count). The van der Waals surface area contributed by atoms with Gasteiger partial charge >= 0.3 is 0 Å². The Bertz CT molecular complexity index is 1270. The van der Waals surface area contributed by atoms with E-state index in [0.29, 0.717) is 38.8 Å². The van der Waals surface area contributed by atoms with Crippen LogP contribution < -0.4 is 9.47 Å². The Morgan fingerprint density at radius 2 is 1.38 bits per heavy atom. The second kappa shape index (κ2) is 14.0. The Kier molecular flexibility index (Phi) is 9.67. The zero-order valence-electron chi connectivity index (χ0n) is 22.5. The summed E-state index contributed by atoms with van der Waals surface area (Å²) in [5.74, 6) is 2.50. The minimum absolute atomic E-state index is 0.169. The third kappa shape index (κ3) is 7.29. The van der Waals surface area contributed by atoms with Crippen molar-refractivity contribution < 1.29 is 19.3 Å². The normalized spacial score (nSPS) is 16.4. The minimum Gasteiger partial charge on any atom is -0.494 e. The van der Waals surface area contributed by atoms with Gasteiger partial charge in [0, 0.05) is 32.2 Å². The van der Waals surface area contributed by atoms with Crippen LogP contribution in [0.4, 0.5) is 0 Å². The highest BCUT2D eigenvalue weighted by atomic mass is 16.5. The highest BCUT2D eigenvalue weighted by Gasteiger charge is 2.32. The number of benzene rings is 4. The zero-order chi connectivity index (χ0) is 26.7. The van der Waals surface area contributed by atoms with Gasteiger partial charge in [0.2, 0.25) is 0 Å². The molecule has 0 saturated carbocycles. The quantitative estimate of drug-likeness (QED) is 0.187. The van der Waals surface area contributed by atoms with Crippen LogP contribution in [-0.2, 0) is 17.8 Å². The summed E-state index contributed by atoms with van der Waals surface area (Å²) < 4.78 is 17.6. The third-order valence-corrected chi connectivity index (χ3v) is 7.44. The van der Waals surface area contributed by atoms with Crippen LogP contribution in [0.1, 0.15) is 58.9 Å². The molecule has 1 aliphatic carbocycles. The fourth-order valence-electron chi connectivity index (χ4n) is 5.49. The van der Waals surface area contributed by atoms with Crippen LogP contribution in [0, 0.1) is 0 Å². The lowest BCUT2D eigenvalue weighted by molar-refractivity contribution is 0.104. The zero-order valence-corrected chi connectivity index (χ0v) is 22.5. The van der Waals surface area contributed by atoms with Crippen LogP contribution in [-0.4, -0.2) is 31.5 Å². The predicted molar refractivity (Wildman–Crippen MR) is 156 cm³/mol. The largest absolute Gasteiger partial charge is 0.494 e. The predicted octanol–water partition coefficient (Wildman–Crippen LogP) is 7.30. The molecule has 0 radical (unpaired) electrons. The Labute approximate surface area is 232 Å². The average molecular weight is 523 g/mol. The number of rotatable bonds is 13. The molecule has 4 heteroatoms. The van der Waals surface area contributed by atoms with Crippen LogP contribution in [0.15, 0.2) is 103 Å². The highest BCUT2D eigenvalue weighted by Crippen LogP contribution is 2.47. The first kappa shape index (κ1) is 27.0. The molecule has 2 atom stereocenters. The van der Waals surface area contributed by atoms with Crippen molar-refractivity contribution in [1.82, 2.24) is 0 Å². The Morgan fingerprint density at radius 1 is 0.667 bits per heavy atom. The van der Waals surface area contributed by atoms with Crippen molar-refractivity contribution in [2.45, 2.75) is 44.1 Å². The number of hydrogen-bond acceptors (Lipinski definition) is 4. The summed E-state index contributed by atoms with van der Waals surface area (Å²) in [6.07, 6.45) is 3.64. The fourth-order valence-corrected chi connectivity index (χ4v) is 5.49. The van der Waals surface area contributed by atoms with E-state index in [1.54, 1.807) is 0 Å². The fraction of sp³-hybridized carbons (Fsp3) is 0.314. The smallest absolute Gasteiger partial charge is 0.120 e. The standard InChI is InChI=1S/C35H38O4/c36-21-7-22-37-23-8-24-38-31-16-13-29(14-17-31)35-33(28-11-5-2-6-12-28)19-15-30-25-32(18-20-34(30)35)39-26-27-9-3-1-4-10-27/h1-6,9-14,16-18,20,25,33,35-36H,7-8,15,19,21-24,26H2. The lowest BCUT2D eigenvalue weighted by Gasteiger charge is -2.35. The lowest BCUT2D eigenvalue weighted by Crippen LogP contribution is -2.20. The van der Waals surface area contributed by atoms with Crippen LogP contribution >= 0.6 is 0 Å². The first-order valence-corrected chi connectivity index (χ1v) is 14.1.